The Kier molecular flexibility index (Phi) is 8.37. The number of hydrogen-bond acceptors (Lipinski definition) is 8. The van der Waals surface area contributed by atoms with Crippen molar-refractivity contribution in [1.82, 2.24) is 5.43 Å². The molecule has 9 heteroatoms. The Morgan fingerprint density at radius 1 is 1.07 bits per heavy atom. The van der Waals surface area contributed by atoms with Crippen molar-refractivity contribution in [3.63, 3.8) is 0 Å². The maximum absolute atomic E-state index is 11.9. The molecular formula is C21H22N2O7. The van der Waals surface area contributed by atoms with Gasteiger partial charge in [0.05, 0.1) is 25.5 Å². The number of nitrogens with zero attached hydrogens (tertiary/aromatic N) is 1. The summed E-state index contributed by atoms with van der Waals surface area (Å²) in [6.45, 7) is 3.05. The summed E-state index contributed by atoms with van der Waals surface area (Å²) in [6, 6.07) is 11.1. The minimum absolute atomic E-state index is 0.259. The van der Waals surface area contributed by atoms with Crippen molar-refractivity contribution in [2.75, 3.05) is 20.3 Å². The van der Waals surface area contributed by atoms with Crippen LogP contribution in [-0.4, -0.2) is 44.4 Å². The van der Waals surface area contributed by atoms with E-state index in [1.165, 1.54) is 20.2 Å². The Bertz CT molecular complexity index is 923. The van der Waals surface area contributed by atoms with Gasteiger partial charge < -0.3 is 18.9 Å². The number of nitrogens with one attached hydrogen (secondary N) is 1. The number of carbonyl (C=O) groups is 3. The third kappa shape index (κ3) is 6.93. The Balaban J connectivity index is 1.85. The van der Waals surface area contributed by atoms with Gasteiger partial charge >= 0.3 is 11.9 Å². The summed E-state index contributed by atoms with van der Waals surface area (Å²) in [5.74, 6) is -0.285. The number of benzene rings is 2. The molecule has 0 aliphatic rings. The molecule has 0 atom stereocenters. The van der Waals surface area contributed by atoms with E-state index in [2.05, 4.69) is 10.5 Å². The first-order valence-electron chi connectivity index (χ1n) is 9.01. The van der Waals surface area contributed by atoms with E-state index in [1.54, 1.807) is 49.4 Å². The van der Waals surface area contributed by atoms with Crippen molar-refractivity contribution < 1.29 is 33.3 Å². The zero-order chi connectivity index (χ0) is 21.9. The summed E-state index contributed by atoms with van der Waals surface area (Å²) in [5, 5.41) is 3.85. The molecule has 0 saturated carbocycles. The lowest BCUT2D eigenvalue weighted by Gasteiger charge is -2.08. The van der Waals surface area contributed by atoms with Crippen molar-refractivity contribution in [2.24, 2.45) is 5.10 Å². The third-order valence-electron chi connectivity index (χ3n) is 3.58. The highest BCUT2D eigenvalue weighted by molar-refractivity contribution is 5.89. The lowest BCUT2D eigenvalue weighted by Crippen LogP contribution is -2.24. The number of carbonyl (C=O) groups excluding carboxylic acids is 3. The molecule has 0 aromatic heterocycles. The van der Waals surface area contributed by atoms with Crippen LogP contribution < -0.4 is 19.6 Å². The van der Waals surface area contributed by atoms with Crippen LogP contribution in [0.15, 0.2) is 47.6 Å². The van der Waals surface area contributed by atoms with Gasteiger partial charge in [-0.2, -0.15) is 5.10 Å². The number of hydrogen-bond donors (Lipinski definition) is 1. The van der Waals surface area contributed by atoms with Gasteiger partial charge in [0.1, 0.15) is 5.75 Å². The topological polar surface area (TPSA) is 113 Å². The Morgan fingerprint density at radius 2 is 1.80 bits per heavy atom. The molecule has 2 rings (SSSR count). The van der Waals surface area contributed by atoms with Crippen LogP contribution in [0.2, 0.25) is 0 Å². The molecule has 0 heterocycles. The van der Waals surface area contributed by atoms with Crippen LogP contribution in [0, 0.1) is 0 Å². The molecular weight excluding hydrogens is 392 g/mol. The van der Waals surface area contributed by atoms with E-state index >= 15 is 0 Å². The van der Waals surface area contributed by atoms with Crippen molar-refractivity contribution in [2.45, 2.75) is 13.8 Å². The first-order valence-corrected chi connectivity index (χ1v) is 9.01. The molecule has 2 aromatic carbocycles. The van der Waals surface area contributed by atoms with Crippen LogP contribution in [-0.2, 0) is 14.3 Å². The van der Waals surface area contributed by atoms with Crippen LogP contribution in [0.4, 0.5) is 0 Å². The molecule has 30 heavy (non-hydrogen) atoms. The highest BCUT2D eigenvalue weighted by atomic mass is 16.6. The fraction of sp³-hybridized carbons (Fsp3) is 0.238. The molecule has 0 aliphatic carbocycles. The van der Waals surface area contributed by atoms with Crippen LogP contribution in [0.25, 0.3) is 0 Å². The van der Waals surface area contributed by atoms with E-state index in [1.807, 2.05) is 0 Å². The SMILES string of the molecule is CCOC(=O)c1ccc(OCC(=O)N/N=C/c2ccc(OC(C)=O)c(OC)c2)cc1. The molecule has 0 bridgehead atoms. The first-order chi connectivity index (χ1) is 14.4. The van der Waals surface area contributed by atoms with Crippen LogP contribution in [0.5, 0.6) is 17.2 Å². The highest BCUT2D eigenvalue weighted by Crippen LogP contribution is 2.27. The molecule has 1 N–H and O–H groups in total. The first kappa shape index (κ1) is 22.4. The van der Waals surface area contributed by atoms with E-state index < -0.39 is 17.8 Å². The monoisotopic (exact) mass is 414 g/mol. The number of rotatable bonds is 9. The average molecular weight is 414 g/mol. The van der Waals surface area contributed by atoms with E-state index in [0.29, 0.717) is 29.2 Å². The average Bonchev–Trinajstić information content (AvgIpc) is 2.73. The van der Waals surface area contributed by atoms with Gasteiger partial charge in [-0.15, -0.1) is 0 Å². The zero-order valence-corrected chi connectivity index (χ0v) is 16.8. The zero-order valence-electron chi connectivity index (χ0n) is 16.8. The fourth-order valence-electron chi connectivity index (χ4n) is 2.27. The second kappa shape index (κ2) is 11.2. The number of methoxy groups -OCH3 is 1. The second-order valence-corrected chi connectivity index (χ2v) is 5.83. The smallest absolute Gasteiger partial charge is 0.338 e. The number of ether oxygens (including phenoxy) is 4. The molecule has 0 unspecified atom stereocenters. The molecule has 0 radical (unpaired) electrons. The summed E-state index contributed by atoms with van der Waals surface area (Å²) in [7, 11) is 1.45. The van der Waals surface area contributed by atoms with Crippen molar-refractivity contribution in [3.05, 3.63) is 53.6 Å². The van der Waals surface area contributed by atoms with Crippen molar-refractivity contribution >= 4 is 24.1 Å². The summed E-state index contributed by atoms with van der Waals surface area (Å²) >= 11 is 0. The summed E-state index contributed by atoms with van der Waals surface area (Å²) in [4.78, 5) is 34.5. The number of hydrazone groups is 1. The Labute approximate surface area is 173 Å². The maximum Gasteiger partial charge on any atom is 0.338 e. The highest BCUT2D eigenvalue weighted by Gasteiger charge is 2.08. The van der Waals surface area contributed by atoms with Crippen LogP contribution >= 0.6 is 0 Å². The van der Waals surface area contributed by atoms with Crippen LogP contribution in [0.1, 0.15) is 29.8 Å². The minimum atomic E-state index is -0.468. The fourth-order valence-corrected chi connectivity index (χ4v) is 2.27. The summed E-state index contributed by atoms with van der Waals surface area (Å²) in [5.41, 5.74) is 3.36. The quantitative estimate of drug-likeness (QED) is 0.290. The van der Waals surface area contributed by atoms with E-state index in [-0.39, 0.29) is 12.4 Å². The molecule has 2 aromatic rings. The largest absolute Gasteiger partial charge is 0.493 e. The van der Waals surface area contributed by atoms with Crippen molar-refractivity contribution in [3.8, 4) is 17.2 Å². The van der Waals surface area contributed by atoms with Gasteiger partial charge in [-0.25, -0.2) is 10.2 Å². The third-order valence-corrected chi connectivity index (χ3v) is 3.58. The molecule has 0 aliphatic heterocycles. The van der Waals surface area contributed by atoms with E-state index in [9.17, 15) is 14.4 Å². The second-order valence-electron chi connectivity index (χ2n) is 5.83. The van der Waals surface area contributed by atoms with Gasteiger partial charge in [0.25, 0.3) is 5.91 Å². The van der Waals surface area contributed by atoms with Gasteiger partial charge in [-0.05, 0) is 55.0 Å². The van der Waals surface area contributed by atoms with Gasteiger partial charge in [-0.1, -0.05) is 0 Å². The molecule has 9 nitrogen and oxygen atoms in total. The van der Waals surface area contributed by atoms with Gasteiger partial charge in [0.15, 0.2) is 18.1 Å². The van der Waals surface area contributed by atoms with Gasteiger partial charge in [-0.3, -0.25) is 9.59 Å². The predicted octanol–water partition coefficient (Wildman–Crippen LogP) is 2.33. The standard InChI is InChI=1S/C21H22N2O7/c1-4-28-21(26)16-6-8-17(9-7-16)29-13-20(25)23-22-12-15-5-10-18(30-14(2)24)19(11-15)27-3/h5-12H,4,13H2,1-3H3,(H,23,25)/b22-12+. The van der Waals surface area contributed by atoms with E-state index in [0.717, 1.165) is 0 Å². The summed E-state index contributed by atoms with van der Waals surface area (Å²) < 4.78 is 20.4. The molecule has 0 spiro atoms. The van der Waals surface area contributed by atoms with Gasteiger partial charge in [0.2, 0.25) is 0 Å². The summed E-state index contributed by atoms with van der Waals surface area (Å²) in [6.07, 6.45) is 1.41. The van der Waals surface area contributed by atoms with Crippen LogP contribution in [0.3, 0.4) is 0 Å². The van der Waals surface area contributed by atoms with Gasteiger partial charge in [0, 0.05) is 6.92 Å². The molecule has 0 saturated heterocycles. The number of amides is 1. The molecule has 1 amide bonds. The minimum Gasteiger partial charge on any atom is -0.493 e. The Hall–Kier alpha value is -3.88. The molecule has 0 fully saturated rings. The number of esters is 2. The normalized spacial score (nSPS) is 10.4. The van der Waals surface area contributed by atoms with Crippen molar-refractivity contribution in [1.29, 1.82) is 0 Å². The Morgan fingerprint density at radius 3 is 2.43 bits per heavy atom. The lowest BCUT2D eigenvalue weighted by molar-refractivity contribution is -0.132. The van der Waals surface area contributed by atoms with E-state index in [4.69, 9.17) is 18.9 Å². The maximum atomic E-state index is 11.9. The predicted molar refractivity (Wildman–Crippen MR) is 108 cm³/mol. The molecule has 158 valence electrons. The lowest BCUT2D eigenvalue weighted by atomic mass is 10.2.